The number of aromatic nitrogens is 1. The highest BCUT2D eigenvalue weighted by molar-refractivity contribution is 8.00. The van der Waals surface area contributed by atoms with E-state index in [1.54, 1.807) is 0 Å². The molecule has 0 radical (unpaired) electrons. The number of aryl methyl sites for hydroxylation is 2. The van der Waals surface area contributed by atoms with Gasteiger partial charge in [0.15, 0.2) is 0 Å². The molecular weight excluding hydrogens is 222 g/mol. The zero-order chi connectivity index (χ0) is 12.1. The number of amides is 1. The first-order valence-electron chi connectivity index (χ1n) is 5.19. The second-order valence-corrected chi connectivity index (χ2v) is 4.87. The summed E-state index contributed by atoms with van der Waals surface area (Å²) in [7, 11) is 0. The number of carbonyl (C=O) groups excluding carboxylic acids is 1. The van der Waals surface area contributed by atoms with Crippen LogP contribution in [0.3, 0.4) is 0 Å². The van der Waals surface area contributed by atoms with Gasteiger partial charge in [-0.3, -0.25) is 10.2 Å². The van der Waals surface area contributed by atoms with Crippen molar-refractivity contribution in [3.8, 4) is 0 Å². The standard InChI is InChI=1S/C11H17N3OS/c1-4-9(11(15)14-12)16-10-6-7(2)5-8(3)13-10/h5-6,9H,4,12H2,1-3H3,(H,14,15). The zero-order valence-electron chi connectivity index (χ0n) is 9.78. The van der Waals surface area contributed by atoms with E-state index in [9.17, 15) is 4.79 Å². The van der Waals surface area contributed by atoms with Gasteiger partial charge in [-0.15, -0.1) is 0 Å². The SMILES string of the molecule is CCC(Sc1cc(C)cc(C)n1)C(=O)NN. The molecule has 0 aliphatic carbocycles. The van der Waals surface area contributed by atoms with Gasteiger partial charge in [-0.25, -0.2) is 10.8 Å². The predicted molar refractivity (Wildman–Crippen MR) is 66.0 cm³/mol. The molecule has 0 aliphatic rings. The summed E-state index contributed by atoms with van der Waals surface area (Å²) in [5, 5.41) is 0.687. The molecule has 1 aromatic heterocycles. The average molecular weight is 239 g/mol. The zero-order valence-corrected chi connectivity index (χ0v) is 10.6. The van der Waals surface area contributed by atoms with Crippen LogP contribution < -0.4 is 11.3 Å². The molecule has 0 aliphatic heterocycles. The van der Waals surface area contributed by atoms with Crippen molar-refractivity contribution in [2.24, 2.45) is 5.84 Å². The van der Waals surface area contributed by atoms with Crippen molar-refractivity contribution >= 4 is 17.7 Å². The molecule has 1 heterocycles. The third-order valence-electron chi connectivity index (χ3n) is 2.14. The quantitative estimate of drug-likeness (QED) is 0.362. The average Bonchev–Trinajstić information content (AvgIpc) is 2.23. The molecule has 0 saturated carbocycles. The highest BCUT2D eigenvalue weighted by Gasteiger charge is 2.17. The Morgan fingerprint density at radius 2 is 2.25 bits per heavy atom. The molecule has 0 saturated heterocycles. The van der Waals surface area contributed by atoms with E-state index in [-0.39, 0.29) is 11.2 Å². The van der Waals surface area contributed by atoms with Gasteiger partial charge < -0.3 is 0 Å². The minimum absolute atomic E-state index is 0.159. The normalized spacial score (nSPS) is 12.2. The van der Waals surface area contributed by atoms with Crippen LogP contribution in [-0.2, 0) is 4.79 Å². The van der Waals surface area contributed by atoms with Crippen LogP contribution in [0.1, 0.15) is 24.6 Å². The second kappa shape index (κ2) is 5.86. The minimum atomic E-state index is -0.182. The summed E-state index contributed by atoms with van der Waals surface area (Å²) < 4.78 is 0. The molecule has 1 amide bonds. The Morgan fingerprint density at radius 1 is 1.56 bits per heavy atom. The number of nitrogens with two attached hydrogens (primary N) is 1. The molecule has 1 rings (SSSR count). The highest BCUT2D eigenvalue weighted by Crippen LogP contribution is 2.24. The van der Waals surface area contributed by atoms with Gasteiger partial charge in [0.05, 0.1) is 10.3 Å². The Kier molecular flexibility index (Phi) is 4.76. The van der Waals surface area contributed by atoms with Gasteiger partial charge in [0.25, 0.3) is 0 Å². The van der Waals surface area contributed by atoms with E-state index < -0.39 is 0 Å². The highest BCUT2D eigenvalue weighted by atomic mass is 32.2. The Morgan fingerprint density at radius 3 is 2.75 bits per heavy atom. The molecule has 3 N–H and O–H groups in total. The number of nitrogens with zero attached hydrogens (tertiary/aromatic N) is 1. The smallest absolute Gasteiger partial charge is 0.247 e. The summed E-state index contributed by atoms with van der Waals surface area (Å²) in [4.78, 5) is 15.8. The third-order valence-corrected chi connectivity index (χ3v) is 3.43. The van der Waals surface area contributed by atoms with E-state index >= 15 is 0 Å². The molecule has 0 aromatic carbocycles. The fourth-order valence-corrected chi connectivity index (χ4v) is 2.51. The van der Waals surface area contributed by atoms with Crippen molar-refractivity contribution in [1.29, 1.82) is 0 Å². The molecule has 16 heavy (non-hydrogen) atoms. The number of hydrogen-bond acceptors (Lipinski definition) is 4. The Hall–Kier alpha value is -1.07. The molecule has 88 valence electrons. The van der Waals surface area contributed by atoms with Gasteiger partial charge in [0.2, 0.25) is 5.91 Å². The second-order valence-electron chi connectivity index (χ2n) is 3.65. The largest absolute Gasteiger partial charge is 0.293 e. The lowest BCUT2D eigenvalue weighted by molar-refractivity contribution is -0.120. The summed E-state index contributed by atoms with van der Waals surface area (Å²) in [6.07, 6.45) is 0.725. The summed E-state index contributed by atoms with van der Waals surface area (Å²) in [6, 6.07) is 3.98. The Bertz CT molecular complexity index is 361. The minimum Gasteiger partial charge on any atom is -0.293 e. The van der Waals surface area contributed by atoms with E-state index in [2.05, 4.69) is 10.4 Å². The predicted octanol–water partition coefficient (Wildman–Crippen LogP) is 1.56. The van der Waals surface area contributed by atoms with Crippen molar-refractivity contribution in [3.05, 3.63) is 23.4 Å². The van der Waals surface area contributed by atoms with Gasteiger partial charge in [-0.2, -0.15) is 0 Å². The molecule has 1 aromatic rings. The van der Waals surface area contributed by atoms with Crippen LogP contribution in [-0.4, -0.2) is 16.1 Å². The van der Waals surface area contributed by atoms with Gasteiger partial charge in [-0.1, -0.05) is 18.7 Å². The first kappa shape index (κ1) is 13.0. The summed E-state index contributed by atoms with van der Waals surface area (Å²) in [6.45, 7) is 5.92. The number of hydrazine groups is 1. The number of rotatable bonds is 4. The van der Waals surface area contributed by atoms with Crippen LogP contribution in [0.25, 0.3) is 0 Å². The van der Waals surface area contributed by atoms with E-state index in [1.807, 2.05) is 32.9 Å². The van der Waals surface area contributed by atoms with Crippen molar-refractivity contribution in [2.75, 3.05) is 0 Å². The molecular formula is C11H17N3OS. The Labute approximate surface area is 100.0 Å². The van der Waals surface area contributed by atoms with Crippen LogP contribution in [0.2, 0.25) is 0 Å². The molecule has 0 bridgehead atoms. The summed E-state index contributed by atoms with van der Waals surface area (Å²) in [5.41, 5.74) is 4.29. The number of nitrogens with one attached hydrogen (secondary N) is 1. The van der Waals surface area contributed by atoms with E-state index in [4.69, 9.17) is 5.84 Å². The van der Waals surface area contributed by atoms with Crippen LogP contribution in [0.15, 0.2) is 17.2 Å². The summed E-state index contributed by atoms with van der Waals surface area (Å²) in [5.74, 6) is 4.97. The molecule has 0 spiro atoms. The van der Waals surface area contributed by atoms with Crippen molar-refractivity contribution in [3.63, 3.8) is 0 Å². The number of hydrogen-bond donors (Lipinski definition) is 2. The lowest BCUT2D eigenvalue weighted by Gasteiger charge is -2.12. The maximum atomic E-state index is 11.4. The van der Waals surface area contributed by atoms with Crippen LogP contribution >= 0.6 is 11.8 Å². The number of carbonyl (C=O) groups is 1. The number of pyridine rings is 1. The molecule has 5 heteroatoms. The van der Waals surface area contributed by atoms with Crippen molar-refractivity contribution in [2.45, 2.75) is 37.5 Å². The van der Waals surface area contributed by atoms with Crippen molar-refractivity contribution < 1.29 is 4.79 Å². The first-order valence-corrected chi connectivity index (χ1v) is 6.07. The lowest BCUT2D eigenvalue weighted by Crippen LogP contribution is -2.37. The van der Waals surface area contributed by atoms with E-state index in [0.29, 0.717) is 0 Å². The molecule has 1 atom stereocenters. The van der Waals surface area contributed by atoms with E-state index in [1.165, 1.54) is 11.8 Å². The monoisotopic (exact) mass is 239 g/mol. The summed E-state index contributed by atoms with van der Waals surface area (Å²) >= 11 is 1.45. The van der Waals surface area contributed by atoms with Crippen LogP contribution in [0, 0.1) is 13.8 Å². The molecule has 1 unspecified atom stereocenters. The van der Waals surface area contributed by atoms with Crippen LogP contribution in [0.5, 0.6) is 0 Å². The molecule has 4 nitrogen and oxygen atoms in total. The fourth-order valence-electron chi connectivity index (χ4n) is 1.43. The van der Waals surface area contributed by atoms with Gasteiger partial charge in [0.1, 0.15) is 0 Å². The van der Waals surface area contributed by atoms with Crippen molar-refractivity contribution in [1.82, 2.24) is 10.4 Å². The maximum absolute atomic E-state index is 11.4. The maximum Gasteiger partial charge on any atom is 0.247 e. The van der Waals surface area contributed by atoms with Crippen LogP contribution in [0.4, 0.5) is 0 Å². The molecule has 0 fully saturated rings. The Balaban J connectivity index is 2.81. The number of thioether (sulfide) groups is 1. The topological polar surface area (TPSA) is 68.0 Å². The lowest BCUT2D eigenvalue weighted by atomic mass is 10.3. The van der Waals surface area contributed by atoms with E-state index in [0.717, 1.165) is 22.7 Å². The first-order chi connectivity index (χ1) is 7.56. The van der Waals surface area contributed by atoms with Gasteiger partial charge >= 0.3 is 0 Å². The van der Waals surface area contributed by atoms with Gasteiger partial charge in [-0.05, 0) is 38.0 Å². The fraction of sp³-hybridized carbons (Fsp3) is 0.455. The third kappa shape index (κ3) is 3.50. The van der Waals surface area contributed by atoms with Gasteiger partial charge in [0, 0.05) is 5.69 Å².